The first-order valence-corrected chi connectivity index (χ1v) is 6.93. The number of hydrogen-bond donors (Lipinski definition) is 2. The Balaban J connectivity index is 1.61. The van der Waals surface area contributed by atoms with Crippen LogP contribution in [-0.4, -0.2) is 34.9 Å². The fraction of sp³-hybridized carbons (Fsp3) is 0.333. The van der Waals surface area contributed by atoms with E-state index in [1.165, 1.54) is 0 Å². The van der Waals surface area contributed by atoms with Crippen molar-refractivity contribution in [2.75, 3.05) is 18.5 Å². The van der Waals surface area contributed by atoms with Crippen LogP contribution < -0.4 is 11.1 Å². The number of ether oxygens (including phenoxy) is 1. The zero-order chi connectivity index (χ0) is 14.7. The Morgan fingerprint density at radius 2 is 2.19 bits per heavy atom. The Morgan fingerprint density at radius 1 is 1.38 bits per heavy atom. The number of nitrogens with one attached hydrogen (secondary N) is 1. The Kier molecular flexibility index (Phi) is 3.98. The van der Waals surface area contributed by atoms with Gasteiger partial charge in [-0.3, -0.25) is 9.48 Å². The first-order valence-electron chi connectivity index (χ1n) is 6.93. The molecule has 3 rings (SSSR count). The normalized spacial score (nSPS) is 21.4. The predicted octanol–water partition coefficient (Wildman–Crippen LogP) is 0.844. The maximum absolute atomic E-state index is 12.1. The van der Waals surface area contributed by atoms with Crippen LogP contribution in [0.1, 0.15) is 5.56 Å². The zero-order valence-corrected chi connectivity index (χ0v) is 11.6. The minimum Gasteiger partial charge on any atom is -0.379 e. The molecule has 0 saturated carbocycles. The first kappa shape index (κ1) is 13.8. The highest BCUT2D eigenvalue weighted by Gasteiger charge is 2.31. The van der Waals surface area contributed by atoms with Crippen LogP contribution in [0.2, 0.25) is 0 Å². The molecule has 0 radical (unpaired) electrons. The molecular weight excluding hydrogens is 268 g/mol. The number of carbonyl (C=O) groups excluding carboxylic acids is 1. The summed E-state index contributed by atoms with van der Waals surface area (Å²) in [6.07, 6.45) is 3.45. The second-order valence-corrected chi connectivity index (χ2v) is 5.21. The summed E-state index contributed by atoms with van der Waals surface area (Å²) in [6.45, 7) is 1.49. The number of anilines is 1. The number of hydrogen-bond acceptors (Lipinski definition) is 4. The molecule has 0 aliphatic carbocycles. The molecule has 1 aromatic carbocycles. The van der Waals surface area contributed by atoms with Crippen LogP contribution in [0.25, 0.3) is 0 Å². The average Bonchev–Trinajstić information content (AvgIpc) is 3.09. The maximum Gasteiger partial charge on any atom is 0.231 e. The van der Waals surface area contributed by atoms with Gasteiger partial charge in [0.05, 0.1) is 37.6 Å². The van der Waals surface area contributed by atoms with Gasteiger partial charge in [0.2, 0.25) is 5.91 Å². The van der Waals surface area contributed by atoms with Gasteiger partial charge in [-0.2, -0.15) is 5.10 Å². The van der Waals surface area contributed by atoms with E-state index in [2.05, 4.69) is 10.4 Å². The number of benzene rings is 1. The Morgan fingerprint density at radius 3 is 2.90 bits per heavy atom. The van der Waals surface area contributed by atoms with Crippen LogP contribution in [0.3, 0.4) is 0 Å². The second-order valence-electron chi connectivity index (χ2n) is 5.21. The number of nitrogens with zero attached hydrogens (tertiary/aromatic N) is 2. The van der Waals surface area contributed by atoms with Crippen molar-refractivity contribution in [3.05, 3.63) is 48.3 Å². The van der Waals surface area contributed by atoms with Crippen LogP contribution in [0.5, 0.6) is 0 Å². The molecule has 6 nitrogen and oxygen atoms in total. The number of carbonyl (C=O) groups is 1. The fourth-order valence-electron chi connectivity index (χ4n) is 2.36. The van der Waals surface area contributed by atoms with Gasteiger partial charge in [0.25, 0.3) is 0 Å². The van der Waals surface area contributed by atoms with E-state index in [1.807, 2.05) is 36.5 Å². The van der Waals surface area contributed by atoms with Crippen molar-refractivity contribution in [1.29, 1.82) is 0 Å². The molecule has 1 fully saturated rings. The third kappa shape index (κ3) is 3.29. The molecule has 110 valence electrons. The van der Waals surface area contributed by atoms with Crippen molar-refractivity contribution in [3.63, 3.8) is 0 Å². The Hall–Kier alpha value is -2.18. The minimum atomic E-state index is -0.289. The number of nitrogens with two attached hydrogens (primary N) is 1. The molecule has 1 aliphatic rings. The summed E-state index contributed by atoms with van der Waals surface area (Å²) in [5, 5.41) is 7.09. The van der Waals surface area contributed by atoms with E-state index in [0.29, 0.717) is 25.4 Å². The van der Waals surface area contributed by atoms with Gasteiger partial charge in [0.1, 0.15) is 0 Å². The molecule has 6 heteroatoms. The van der Waals surface area contributed by atoms with Crippen LogP contribution in [0, 0.1) is 5.92 Å². The predicted molar refractivity (Wildman–Crippen MR) is 78.7 cm³/mol. The molecule has 0 bridgehead atoms. The van der Waals surface area contributed by atoms with Gasteiger partial charge in [-0.25, -0.2) is 0 Å². The molecule has 1 aromatic heterocycles. The van der Waals surface area contributed by atoms with Crippen molar-refractivity contribution in [2.24, 2.45) is 11.7 Å². The molecule has 2 atom stereocenters. The molecule has 1 amide bonds. The lowest BCUT2D eigenvalue weighted by atomic mass is 10.0. The van der Waals surface area contributed by atoms with Crippen molar-refractivity contribution >= 4 is 11.6 Å². The molecule has 1 aliphatic heterocycles. The van der Waals surface area contributed by atoms with E-state index in [4.69, 9.17) is 10.5 Å². The minimum absolute atomic E-state index is 0.112. The molecule has 1 saturated heterocycles. The quantitative estimate of drug-likeness (QED) is 0.872. The molecular formula is C15H18N4O2. The summed E-state index contributed by atoms with van der Waals surface area (Å²) in [5.41, 5.74) is 7.67. The SMILES string of the molecule is NC1COCC1C(=O)Nc1cnn(Cc2ccccc2)c1. The monoisotopic (exact) mass is 286 g/mol. The highest BCUT2D eigenvalue weighted by Crippen LogP contribution is 2.15. The largest absolute Gasteiger partial charge is 0.379 e. The summed E-state index contributed by atoms with van der Waals surface area (Å²) in [4.78, 5) is 12.1. The lowest BCUT2D eigenvalue weighted by Crippen LogP contribution is -2.37. The lowest BCUT2D eigenvalue weighted by molar-refractivity contribution is -0.120. The van der Waals surface area contributed by atoms with E-state index >= 15 is 0 Å². The fourth-order valence-corrected chi connectivity index (χ4v) is 2.36. The van der Waals surface area contributed by atoms with E-state index in [-0.39, 0.29) is 17.9 Å². The third-order valence-electron chi connectivity index (χ3n) is 3.55. The first-order chi connectivity index (χ1) is 10.2. The van der Waals surface area contributed by atoms with E-state index in [1.54, 1.807) is 10.9 Å². The number of aromatic nitrogens is 2. The second kappa shape index (κ2) is 6.07. The Bertz CT molecular complexity index is 611. The van der Waals surface area contributed by atoms with Crippen LogP contribution in [0.4, 0.5) is 5.69 Å². The number of amides is 1. The smallest absolute Gasteiger partial charge is 0.231 e. The van der Waals surface area contributed by atoms with Gasteiger partial charge < -0.3 is 15.8 Å². The van der Waals surface area contributed by atoms with E-state index < -0.39 is 0 Å². The molecule has 2 unspecified atom stereocenters. The molecule has 2 heterocycles. The van der Waals surface area contributed by atoms with Gasteiger partial charge in [0.15, 0.2) is 0 Å². The summed E-state index contributed by atoms with van der Waals surface area (Å²) in [6, 6.07) is 9.80. The standard InChI is InChI=1S/C15H18N4O2/c16-14-10-21-9-13(14)15(20)18-12-6-17-19(8-12)7-11-4-2-1-3-5-11/h1-6,8,13-14H,7,9-10,16H2,(H,18,20). The zero-order valence-electron chi connectivity index (χ0n) is 11.6. The van der Waals surface area contributed by atoms with Gasteiger partial charge in [-0.1, -0.05) is 30.3 Å². The highest BCUT2D eigenvalue weighted by molar-refractivity contribution is 5.93. The highest BCUT2D eigenvalue weighted by atomic mass is 16.5. The lowest BCUT2D eigenvalue weighted by Gasteiger charge is -2.11. The van der Waals surface area contributed by atoms with Crippen LogP contribution >= 0.6 is 0 Å². The topological polar surface area (TPSA) is 82.2 Å². The molecule has 21 heavy (non-hydrogen) atoms. The summed E-state index contributed by atoms with van der Waals surface area (Å²) in [7, 11) is 0. The maximum atomic E-state index is 12.1. The van der Waals surface area contributed by atoms with Crippen LogP contribution in [-0.2, 0) is 16.1 Å². The van der Waals surface area contributed by atoms with Gasteiger partial charge in [-0.05, 0) is 5.56 Å². The van der Waals surface area contributed by atoms with Gasteiger partial charge in [-0.15, -0.1) is 0 Å². The number of rotatable bonds is 4. The summed E-state index contributed by atoms with van der Waals surface area (Å²) in [5.74, 6) is -0.401. The summed E-state index contributed by atoms with van der Waals surface area (Å²) >= 11 is 0. The van der Waals surface area contributed by atoms with E-state index in [9.17, 15) is 4.79 Å². The van der Waals surface area contributed by atoms with Crippen molar-refractivity contribution in [3.8, 4) is 0 Å². The third-order valence-corrected chi connectivity index (χ3v) is 3.55. The molecule has 0 spiro atoms. The van der Waals surface area contributed by atoms with Crippen molar-refractivity contribution in [1.82, 2.24) is 9.78 Å². The van der Waals surface area contributed by atoms with E-state index in [0.717, 1.165) is 5.56 Å². The van der Waals surface area contributed by atoms with Gasteiger partial charge in [0, 0.05) is 12.2 Å². The van der Waals surface area contributed by atoms with Crippen LogP contribution in [0.15, 0.2) is 42.7 Å². The van der Waals surface area contributed by atoms with Crippen molar-refractivity contribution in [2.45, 2.75) is 12.6 Å². The Labute approximate surface area is 122 Å². The molecule has 3 N–H and O–H groups in total. The van der Waals surface area contributed by atoms with Crippen molar-refractivity contribution < 1.29 is 9.53 Å². The average molecular weight is 286 g/mol. The van der Waals surface area contributed by atoms with Gasteiger partial charge >= 0.3 is 0 Å². The molecule has 2 aromatic rings. The summed E-state index contributed by atoms with van der Waals surface area (Å²) < 4.78 is 6.99.